The second-order valence-corrected chi connectivity index (χ2v) is 5.09. The molecular formula is C14H10BrF4N. The summed E-state index contributed by atoms with van der Waals surface area (Å²) in [7, 11) is 0. The highest BCUT2D eigenvalue weighted by Gasteiger charge is 2.33. The lowest BCUT2D eigenvalue weighted by molar-refractivity contribution is -0.137. The second-order valence-electron chi connectivity index (χ2n) is 4.17. The van der Waals surface area contributed by atoms with Gasteiger partial charge in [-0.05, 0) is 35.9 Å². The number of benzene rings is 2. The van der Waals surface area contributed by atoms with Gasteiger partial charge in [-0.2, -0.15) is 13.2 Å². The fourth-order valence-electron chi connectivity index (χ4n) is 1.75. The van der Waals surface area contributed by atoms with Gasteiger partial charge < -0.3 is 5.32 Å². The molecule has 0 amide bonds. The summed E-state index contributed by atoms with van der Waals surface area (Å²) in [5, 5.41) is 2.69. The number of anilines is 1. The number of hydrogen-bond acceptors (Lipinski definition) is 1. The van der Waals surface area contributed by atoms with Crippen molar-refractivity contribution >= 4 is 21.6 Å². The van der Waals surface area contributed by atoms with Crippen LogP contribution >= 0.6 is 15.9 Å². The van der Waals surface area contributed by atoms with Gasteiger partial charge in [-0.1, -0.05) is 28.1 Å². The Morgan fingerprint density at radius 2 is 1.80 bits per heavy atom. The summed E-state index contributed by atoms with van der Waals surface area (Å²) in [6.45, 7) is 0.108. The molecule has 0 aliphatic carbocycles. The highest BCUT2D eigenvalue weighted by molar-refractivity contribution is 9.10. The molecule has 0 aliphatic rings. The Labute approximate surface area is 121 Å². The quantitative estimate of drug-likeness (QED) is 0.750. The molecule has 0 aromatic heterocycles. The van der Waals surface area contributed by atoms with Gasteiger partial charge in [0.05, 0.1) is 5.56 Å². The molecule has 0 saturated heterocycles. The van der Waals surface area contributed by atoms with E-state index in [1.807, 2.05) is 0 Å². The molecular weight excluding hydrogens is 338 g/mol. The molecule has 106 valence electrons. The maximum Gasteiger partial charge on any atom is 0.418 e. The zero-order valence-electron chi connectivity index (χ0n) is 10.1. The number of hydrogen-bond donors (Lipinski definition) is 1. The molecule has 0 saturated carbocycles. The van der Waals surface area contributed by atoms with E-state index in [1.165, 1.54) is 30.3 Å². The van der Waals surface area contributed by atoms with Crippen molar-refractivity contribution in [3.8, 4) is 0 Å². The highest BCUT2D eigenvalue weighted by atomic mass is 79.9. The van der Waals surface area contributed by atoms with Crippen LogP contribution < -0.4 is 5.32 Å². The summed E-state index contributed by atoms with van der Waals surface area (Å²) in [4.78, 5) is 0. The van der Waals surface area contributed by atoms with Crippen LogP contribution in [0.15, 0.2) is 46.9 Å². The molecule has 6 heteroatoms. The van der Waals surface area contributed by atoms with Crippen molar-refractivity contribution in [2.75, 3.05) is 5.32 Å². The van der Waals surface area contributed by atoms with Crippen LogP contribution in [0.1, 0.15) is 11.1 Å². The molecule has 2 aromatic rings. The van der Waals surface area contributed by atoms with Crippen LogP contribution in [0.4, 0.5) is 23.2 Å². The van der Waals surface area contributed by atoms with Crippen LogP contribution in [-0.2, 0) is 12.7 Å². The monoisotopic (exact) mass is 347 g/mol. The van der Waals surface area contributed by atoms with Gasteiger partial charge in [0, 0.05) is 16.7 Å². The van der Waals surface area contributed by atoms with Crippen LogP contribution in [0.5, 0.6) is 0 Å². The van der Waals surface area contributed by atoms with Crippen molar-refractivity contribution in [2.24, 2.45) is 0 Å². The normalized spacial score (nSPS) is 11.4. The van der Waals surface area contributed by atoms with Crippen molar-refractivity contribution in [1.29, 1.82) is 0 Å². The first kappa shape index (κ1) is 14.8. The lowest BCUT2D eigenvalue weighted by Gasteiger charge is -2.15. The Bertz CT molecular complexity index is 610. The molecule has 0 aliphatic heterocycles. The third-order valence-electron chi connectivity index (χ3n) is 2.66. The molecule has 0 bridgehead atoms. The Morgan fingerprint density at radius 1 is 1.05 bits per heavy atom. The van der Waals surface area contributed by atoms with E-state index in [0.717, 1.165) is 6.07 Å². The lowest BCUT2D eigenvalue weighted by Crippen LogP contribution is -2.10. The molecule has 0 fully saturated rings. The number of alkyl halides is 3. The number of rotatable bonds is 3. The molecule has 20 heavy (non-hydrogen) atoms. The van der Waals surface area contributed by atoms with E-state index < -0.39 is 17.6 Å². The van der Waals surface area contributed by atoms with Crippen molar-refractivity contribution in [3.05, 3.63) is 63.9 Å². The van der Waals surface area contributed by atoms with E-state index in [-0.39, 0.29) is 12.2 Å². The van der Waals surface area contributed by atoms with E-state index >= 15 is 0 Å². The van der Waals surface area contributed by atoms with Crippen molar-refractivity contribution in [3.63, 3.8) is 0 Å². The van der Waals surface area contributed by atoms with E-state index in [9.17, 15) is 17.6 Å². The molecule has 0 radical (unpaired) electrons. The molecule has 1 nitrogen and oxygen atoms in total. The maximum absolute atomic E-state index is 13.0. The van der Waals surface area contributed by atoms with E-state index in [0.29, 0.717) is 10.0 Å². The smallest absolute Gasteiger partial charge is 0.380 e. The van der Waals surface area contributed by atoms with Crippen molar-refractivity contribution < 1.29 is 17.6 Å². The van der Waals surface area contributed by atoms with Crippen LogP contribution in [0.25, 0.3) is 0 Å². The van der Waals surface area contributed by atoms with Gasteiger partial charge in [0.2, 0.25) is 0 Å². The Hall–Kier alpha value is -1.56. The molecule has 0 heterocycles. The summed E-state index contributed by atoms with van der Waals surface area (Å²) < 4.78 is 52.1. The summed E-state index contributed by atoms with van der Waals surface area (Å²) in [5.74, 6) is -0.422. The first-order valence-corrected chi connectivity index (χ1v) is 6.50. The molecule has 0 atom stereocenters. The van der Waals surface area contributed by atoms with Crippen LogP contribution in [0.3, 0.4) is 0 Å². The minimum Gasteiger partial charge on any atom is -0.380 e. The Kier molecular flexibility index (Phi) is 4.32. The van der Waals surface area contributed by atoms with Gasteiger partial charge in [0.15, 0.2) is 0 Å². The average molecular weight is 348 g/mol. The summed E-state index contributed by atoms with van der Waals surface area (Å²) in [6, 6.07) is 9.39. The van der Waals surface area contributed by atoms with Gasteiger partial charge in [0.25, 0.3) is 0 Å². The zero-order chi connectivity index (χ0) is 14.8. The molecule has 0 unspecified atom stereocenters. The zero-order valence-corrected chi connectivity index (χ0v) is 11.7. The SMILES string of the molecule is Fc1cccc(CNc2cc(Br)ccc2C(F)(F)F)c1. The van der Waals surface area contributed by atoms with Gasteiger partial charge >= 0.3 is 6.18 Å². The molecule has 1 N–H and O–H groups in total. The number of nitrogens with one attached hydrogen (secondary N) is 1. The maximum atomic E-state index is 13.0. The van der Waals surface area contributed by atoms with Gasteiger partial charge in [-0.15, -0.1) is 0 Å². The average Bonchev–Trinajstić information content (AvgIpc) is 2.35. The van der Waals surface area contributed by atoms with Crippen LogP contribution in [0, 0.1) is 5.82 Å². The Morgan fingerprint density at radius 3 is 2.45 bits per heavy atom. The fraction of sp³-hybridized carbons (Fsp3) is 0.143. The highest BCUT2D eigenvalue weighted by Crippen LogP contribution is 2.36. The number of halogens is 5. The molecule has 2 aromatic carbocycles. The van der Waals surface area contributed by atoms with Crippen molar-refractivity contribution in [1.82, 2.24) is 0 Å². The van der Waals surface area contributed by atoms with E-state index in [2.05, 4.69) is 21.2 Å². The largest absolute Gasteiger partial charge is 0.418 e. The van der Waals surface area contributed by atoms with Gasteiger partial charge in [0.1, 0.15) is 5.82 Å². The molecule has 0 spiro atoms. The van der Waals surface area contributed by atoms with Gasteiger partial charge in [-0.3, -0.25) is 0 Å². The summed E-state index contributed by atoms with van der Waals surface area (Å²) in [6.07, 6.45) is -4.44. The van der Waals surface area contributed by atoms with Crippen molar-refractivity contribution in [2.45, 2.75) is 12.7 Å². The summed E-state index contributed by atoms with van der Waals surface area (Å²) in [5.41, 5.74) is -0.230. The Balaban J connectivity index is 2.22. The second kappa shape index (κ2) is 5.83. The standard InChI is InChI=1S/C14H10BrF4N/c15-10-4-5-12(14(17,18)19)13(7-10)20-8-9-2-1-3-11(16)6-9/h1-7,20H,8H2. The fourth-order valence-corrected chi connectivity index (χ4v) is 2.12. The third-order valence-corrected chi connectivity index (χ3v) is 3.15. The summed E-state index contributed by atoms with van der Waals surface area (Å²) >= 11 is 3.13. The lowest BCUT2D eigenvalue weighted by atomic mass is 10.1. The van der Waals surface area contributed by atoms with Gasteiger partial charge in [-0.25, -0.2) is 4.39 Å². The minimum atomic E-state index is -4.44. The minimum absolute atomic E-state index is 0.0452. The first-order chi connectivity index (χ1) is 9.36. The van der Waals surface area contributed by atoms with E-state index in [1.54, 1.807) is 6.07 Å². The predicted octanol–water partition coefficient (Wildman–Crippen LogP) is 5.22. The topological polar surface area (TPSA) is 12.0 Å². The first-order valence-electron chi connectivity index (χ1n) is 5.71. The molecule has 2 rings (SSSR count). The predicted molar refractivity (Wildman–Crippen MR) is 72.9 cm³/mol. The van der Waals surface area contributed by atoms with E-state index in [4.69, 9.17) is 0 Å². The van der Waals surface area contributed by atoms with Crippen LogP contribution in [-0.4, -0.2) is 0 Å². The third kappa shape index (κ3) is 3.72. The van der Waals surface area contributed by atoms with Crippen LogP contribution in [0.2, 0.25) is 0 Å².